The van der Waals surface area contributed by atoms with Gasteiger partial charge in [-0.05, 0) is 23.6 Å². The fourth-order valence-electron chi connectivity index (χ4n) is 1.67. The van der Waals surface area contributed by atoms with E-state index in [0.717, 1.165) is 5.56 Å². The zero-order valence-electron chi connectivity index (χ0n) is 10.9. The lowest BCUT2D eigenvalue weighted by Crippen LogP contribution is -2.35. The van der Waals surface area contributed by atoms with Crippen LogP contribution in [0.3, 0.4) is 0 Å². The zero-order chi connectivity index (χ0) is 13.7. The van der Waals surface area contributed by atoms with Crippen LogP contribution in [-0.4, -0.2) is 11.8 Å². The number of carbonyl (C=O) groups is 1. The fourth-order valence-corrected chi connectivity index (χ4v) is 1.94. The molecule has 0 aliphatic carbocycles. The first kappa shape index (κ1) is 15.3. The summed E-state index contributed by atoms with van der Waals surface area (Å²) in [5, 5.41) is 3.73. The van der Waals surface area contributed by atoms with Gasteiger partial charge < -0.3 is 5.32 Å². The van der Waals surface area contributed by atoms with E-state index in [2.05, 4.69) is 19.2 Å². The molecule has 100 valence electrons. The van der Waals surface area contributed by atoms with Crippen molar-refractivity contribution < 1.29 is 4.79 Å². The molecule has 2 nitrogen and oxygen atoms in total. The highest BCUT2D eigenvalue weighted by molar-refractivity contribution is 6.30. The Morgan fingerprint density at radius 1 is 1.22 bits per heavy atom. The summed E-state index contributed by atoms with van der Waals surface area (Å²) in [7, 11) is 0. The lowest BCUT2D eigenvalue weighted by molar-refractivity contribution is -0.125. The van der Waals surface area contributed by atoms with Gasteiger partial charge in [0.05, 0.1) is 6.04 Å². The molecular weight excluding hydrogens is 269 g/mol. The Bertz CT molecular complexity index is 389. The molecule has 0 fully saturated rings. The van der Waals surface area contributed by atoms with E-state index in [1.54, 1.807) is 0 Å². The smallest absolute Gasteiger partial charge is 0.224 e. The maximum absolute atomic E-state index is 11.9. The van der Waals surface area contributed by atoms with Crippen LogP contribution in [0.25, 0.3) is 0 Å². The number of halogens is 2. The molecule has 2 unspecified atom stereocenters. The van der Waals surface area contributed by atoms with Crippen LogP contribution < -0.4 is 5.32 Å². The van der Waals surface area contributed by atoms with Crippen molar-refractivity contribution in [3.05, 3.63) is 34.9 Å². The Morgan fingerprint density at radius 3 is 2.22 bits per heavy atom. The summed E-state index contributed by atoms with van der Waals surface area (Å²) in [5.41, 5.74) is 1.06. The second kappa shape index (κ2) is 7.01. The van der Waals surface area contributed by atoms with Crippen LogP contribution in [0.15, 0.2) is 24.3 Å². The number of hydrogen-bond donors (Lipinski definition) is 1. The number of carbonyl (C=O) groups excluding carboxylic acids is 1. The molecule has 18 heavy (non-hydrogen) atoms. The Balaban J connectivity index is 2.83. The van der Waals surface area contributed by atoms with Gasteiger partial charge in [-0.25, -0.2) is 0 Å². The largest absolute Gasteiger partial charge is 0.349 e. The summed E-state index contributed by atoms with van der Waals surface area (Å²) in [6.45, 7) is 5.97. The summed E-state index contributed by atoms with van der Waals surface area (Å²) in [4.78, 5) is 11.9. The van der Waals surface area contributed by atoms with Crippen molar-refractivity contribution >= 4 is 29.1 Å². The standard InChI is InChI=1S/C14H19Cl2NO/c1-9(2)13(17-14(18)10(3)8-15)11-4-6-12(16)7-5-11/h4-7,9-10,13H,8H2,1-3H3,(H,17,18). The van der Waals surface area contributed by atoms with Gasteiger partial charge in [0.25, 0.3) is 0 Å². The molecule has 0 heterocycles. The van der Waals surface area contributed by atoms with Crippen LogP contribution in [0.5, 0.6) is 0 Å². The molecule has 0 aromatic heterocycles. The van der Waals surface area contributed by atoms with Gasteiger partial charge in [-0.1, -0.05) is 44.5 Å². The predicted octanol–water partition coefficient (Wildman–Crippen LogP) is 4.03. The van der Waals surface area contributed by atoms with Crippen molar-refractivity contribution in [2.45, 2.75) is 26.8 Å². The summed E-state index contributed by atoms with van der Waals surface area (Å²) >= 11 is 11.6. The molecule has 1 amide bonds. The molecule has 1 N–H and O–H groups in total. The maximum atomic E-state index is 11.9. The van der Waals surface area contributed by atoms with Gasteiger partial charge in [-0.15, -0.1) is 11.6 Å². The van der Waals surface area contributed by atoms with E-state index in [4.69, 9.17) is 23.2 Å². The highest BCUT2D eigenvalue weighted by atomic mass is 35.5. The van der Waals surface area contributed by atoms with Crippen molar-refractivity contribution in [3.8, 4) is 0 Å². The van der Waals surface area contributed by atoms with Crippen molar-refractivity contribution in [2.75, 3.05) is 5.88 Å². The Hall–Kier alpha value is -0.730. The molecule has 2 atom stereocenters. The van der Waals surface area contributed by atoms with Crippen LogP contribution in [0.2, 0.25) is 5.02 Å². The molecule has 0 aliphatic rings. The minimum atomic E-state index is -0.180. The molecule has 1 rings (SSSR count). The van der Waals surface area contributed by atoms with Crippen LogP contribution >= 0.6 is 23.2 Å². The number of hydrogen-bond acceptors (Lipinski definition) is 1. The zero-order valence-corrected chi connectivity index (χ0v) is 12.4. The Morgan fingerprint density at radius 2 is 1.78 bits per heavy atom. The number of amides is 1. The number of alkyl halides is 1. The molecule has 0 bridgehead atoms. The SMILES string of the molecule is CC(CCl)C(=O)NC(c1ccc(Cl)cc1)C(C)C. The number of nitrogens with one attached hydrogen (secondary N) is 1. The van der Waals surface area contributed by atoms with Gasteiger partial charge in [0.15, 0.2) is 0 Å². The first-order valence-electron chi connectivity index (χ1n) is 6.07. The van der Waals surface area contributed by atoms with Crippen LogP contribution in [-0.2, 0) is 4.79 Å². The van der Waals surface area contributed by atoms with Crippen molar-refractivity contribution in [1.29, 1.82) is 0 Å². The number of rotatable bonds is 5. The van der Waals surface area contributed by atoms with E-state index in [1.165, 1.54) is 0 Å². The van der Waals surface area contributed by atoms with E-state index >= 15 is 0 Å². The number of benzene rings is 1. The summed E-state index contributed by atoms with van der Waals surface area (Å²) in [6.07, 6.45) is 0. The lowest BCUT2D eigenvalue weighted by Gasteiger charge is -2.24. The monoisotopic (exact) mass is 287 g/mol. The van der Waals surface area contributed by atoms with Crippen LogP contribution in [0.4, 0.5) is 0 Å². The molecule has 0 saturated carbocycles. The molecule has 0 spiro atoms. The van der Waals surface area contributed by atoms with E-state index in [0.29, 0.717) is 16.8 Å². The molecule has 4 heteroatoms. The van der Waals surface area contributed by atoms with Crippen LogP contribution in [0, 0.1) is 11.8 Å². The van der Waals surface area contributed by atoms with Gasteiger partial charge >= 0.3 is 0 Å². The fraction of sp³-hybridized carbons (Fsp3) is 0.500. The van der Waals surface area contributed by atoms with Gasteiger partial charge in [-0.3, -0.25) is 4.79 Å². The minimum Gasteiger partial charge on any atom is -0.349 e. The lowest BCUT2D eigenvalue weighted by atomic mass is 9.95. The third kappa shape index (κ3) is 4.18. The summed E-state index contributed by atoms with van der Waals surface area (Å²) in [5.74, 6) is 0.439. The van der Waals surface area contributed by atoms with Gasteiger partial charge in [0, 0.05) is 16.8 Å². The van der Waals surface area contributed by atoms with E-state index in [1.807, 2.05) is 31.2 Å². The first-order valence-corrected chi connectivity index (χ1v) is 6.98. The molecule has 0 radical (unpaired) electrons. The second-order valence-corrected chi connectivity index (χ2v) is 5.58. The molecule has 0 saturated heterocycles. The normalized spacial score (nSPS) is 14.3. The minimum absolute atomic E-state index is 0.0135. The Labute approximate surface area is 119 Å². The van der Waals surface area contributed by atoms with E-state index < -0.39 is 0 Å². The molecule has 1 aromatic carbocycles. The van der Waals surface area contributed by atoms with Crippen LogP contribution in [0.1, 0.15) is 32.4 Å². The molecular formula is C14H19Cl2NO. The van der Waals surface area contributed by atoms with E-state index in [-0.39, 0.29) is 17.9 Å². The third-order valence-corrected chi connectivity index (χ3v) is 3.59. The van der Waals surface area contributed by atoms with Crippen molar-refractivity contribution in [2.24, 2.45) is 11.8 Å². The van der Waals surface area contributed by atoms with Gasteiger partial charge in [0.1, 0.15) is 0 Å². The van der Waals surface area contributed by atoms with E-state index in [9.17, 15) is 4.79 Å². The maximum Gasteiger partial charge on any atom is 0.224 e. The second-order valence-electron chi connectivity index (χ2n) is 4.84. The molecule has 0 aliphatic heterocycles. The summed E-state index contributed by atoms with van der Waals surface area (Å²) in [6, 6.07) is 7.55. The Kier molecular flexibility index (Phi) is 5.97. The predicted molar refractivity (Wildman–Crippen MR) is 77.1 cm³/mol. The average molecular weight is 288 g/mol. The van der Waals surface area contributed by atoms with Crippen molar-refractivity contribution in [1.82, 2.24) is 5.32 Å². The van der Waals surface area contributed by atoms with Gasteiger partial charge in [-0.2, -0.15) is 0 Å². The third-order valence-electron chi connectivity index (χ3n) is 2.87. The van der Waals surface area contributed by atoms with Crippen molar-refractivity contribution in [3.63, 3.8) is 0 Å². The van der Waals surface area contributed by atoms with Gasteiger partial charge in [0.2, 0.25) is 5.91 Å². The first-order chi connectivity index (χ1) is 8.45. The average Bonchev–Trinajstić information content (AvgIpc) is 2.35. The highest BCUT2D eigenvalue weighted by Gasteiger charge is 2.20. The highest BCUT2D eigenvalue weighted by Crippen LogP contribution is 2.23. The molecule has 1 aromatic rings. The summed E-state index contributed by atoms with van der Waals surface area (Å²) < 4.78 is 0. The topological polar surface area (TPSA) is 29.1 Å². The quantitative estimate of drug-likeness (QED) is 0.814.